The van der Waals surface area contributed by atoms with E-state index in [1.807, 2.05) is 18.3 Å². The Morgan fingerprint density at radius 3 is 2.73 bits per heavy atom. The highest BCUT2D eigenvalue weighted by Gasteiger charge is 2.19. The van der Waals surface area contributed by atoms with Crippen molar-refractivity contribution in [2.24, 2.45) is 0 Å². The van der Waals surface area contributed by atoms with Crippen LogP contribution in [0.1, 0.15) is 18.7 Å². The number of hydrogen-bond donors (Lipinski definition) is 1. The Labute approximate surface area is 151 Å². The molecule has 1 aromatic heterocycles. The summed E-state index contributed by atoms with van der Waals surface area (Å²) in [5.41, 5.74) is 1.86. The van der Waals surface area contributed by atoms with E-state index in [-0.39, 0.29) is 4.90 Å². The lowest BCUT2D eigenvalue weighted by molar-refractivity contribution is 0.522. The van der Waals surface area contributed by atoms with Crippen LogP contribution in [-0.2, 0) is 23.0 Å². The van der Waals surface area contributed by atoms with Gasteiger partial charge in [0.15, 0.2) is 0 Å². The van der Waals surface area contributed by atoms with Crippen LogP contribution in [0.5, 0.6) is 0 Å². The fraction of sp³-hybridized carbons (Fsp3) is 0.211. The maximum atomic E-state index is 13.4. The Balaban J connectivity index is 1.71. The third-order valence-electron chi connectivity index (χ3n) is 4.46. The van der Waals surface area contributed by atoms with Crippen LogP contribution in [0.4, 0.5) is 10.1 Å². The summed E-state index contributed by atoms with van der Waals surface area (Å²) in [5.74, 6) is 0.428. The van der Waals surface area contributed by atoms with E-state index in [4.69, 9.17) is 0 Å². The number of hydrogen-bond acceptors (Lipinski definition) is 3. The normalized spacial score (nSPS) is 14.0. The summed E-state index contributed by atoms with van der Waals surface area (Å²) >= 11 is 0. The minimum atomic E-state index is -3.89. The van der Waals surface area contributed by atoms with E-state index >= 15 is 0 Å². The van der Waals surface area contributed by atoms with E-state index in [9.17, 15) is 12.8 Å². The van der Waals surface area contributed by atoms with Crippen molar-refractivity contribution < 1.29 is 12.8 Å². The molecule has 0 spiro atoms. The molecule has 2 aromatic carbocycles. The molecular weight excluding hydrogens is 353 g/mol. The van der Waals surface area contributed by atoms with E-state index in [2.05, 4.69) is 14.3 Å². The minimum absolute atomic E-state index is 0.114. The summed E-state index contributed by atoms with van der Waals surface area (Å²) in [6, 6.07) is 12.1. The smallest absolute Gasteiger partial charge is 0.262 e. The fourth-order valence-electron chi connectivity index (χ4n) is 3.18. The minimum Gasteiger partial charge on any atom is -0.334 e. The van der Waals surface area contributed by atoms with Gasteiger partial charge in [-0.2, -0.15) is 0 Å². The first-order chi connectivity index (χ1) is 12.5. The number of aryl methyl sites for hydroxylation is 2. The van der Waals surface area contributed by atoms with Gasteiger partial charge in [-0.15, -0.1) is 0 Å². The van der Waals surface area contributed by atoms with Crippen molar-refractivity contribution in [2.45, 2.75) is 30.7 Å². The molecule has 0 radical (unpaired) electrons. The number of para-hydroxylation sites is 1. The third-order valence-corrected chi connectivity index (χ3v) is 5.83. The van der Waals surface area contributed by atoms with E-state index in [1.165, 1.54) is 18.2 Å². The molecule has 1 aliphatic rings. The van der Waals surface area contributed by atoms with Gasteiger partial charge in [0.25, 0.3) is 10.0 Å². The zero-order chi connectivity index (χ0) is 18.1. The Hall–Kier alpha value is -2.67. The quantitative estimate of drug-likeness (QED) is 0.758. The highest BCUT2D eigenvalue weighted by molar-refractivity contribution is 7.92. The maximum absolute atomic E-state index is 13.4. The van der Waals surface area contributed by atoms with E-state index < -0.39 is 15.8 Å². The summed E-state index contributed by atoms with van der Waals surface area (Å²) in [7, 11) is -3.89. The number of aromatic nitrogens is 2. The van der Waals surface area contributed by atoms with Crippen molar-refractivity contribution >= 4 is 15.7 Å². The highest BCUT2D eigenvalue weighted by atomic mass is 32.2. The van der Waals surface area contributed by atoms with Crippen molar-refractivity contribution in [1.82, 2.24) is 9.55 Å². The SMILES string of the molecule is O=S(=O)(Nc1ccccc1-c1cn2c(n1)CCCC2)c1cccc(F)c1. The molecule has 0 aliphatic carbocycles. The number of nitrogens with one attached hydrogen (secondary N) is 1. The van der Waals surface area contributed by atoms with Gasteiger partial charge in [-0.25, -0.2) is 17.8 Å². The van der Waals surface area contributed by atoms with Crippen LogP contribution in [0, 0.1) is 5.82 Å². The molecule has 134 valence electrons. The predicted molar refractivity (Wildman–Crippen MR) is 97.8 cm³/mol. The predicted octanol–water partition coefficient (Wildman–Crippen LogP) is 3.83. The molecule has 0 atom stereocenters. The van der Waals surface area contributed by atoms with Gasteiger partial charge in [-0.05, 0) is 37.1 Å². The molecule has 0 saturated heterocycles. The van der Waals surface area contributed by atoms with Crippen molar-refractivity contribution in [1.29, 1.82) is 0 Å². The van der Waals surface area contributed by atoms with Gasteiger partial charge < -0.3 is 4.57 Å². The number of rotatable bonds is 4. The second-order valence-electron chi connectivity index (χ2n) is 6.30. The molecule has 26 heavy (non-hydrogen) atoms. The monoisotopic (exact) mass is 371 g/mol. The first-order valence-electron chi connectivity index (χ1n) is 8.47. The number of anilines is 1. The zero-order valence-electron chi connectivity index (χ0n) is 14.0. The lowest BCUT2D eigenvalue weighted by Gasteiger charge is -2.12. The Morgan fingerprint density at radius 1 is 1.08 bits per heavy atom. The number of sulfonamides is 1. The summed E-state index contributed by atoms with van der Waals surface area (Å²) in [4.78, 5) is 4.55. The summed E-state index contributed by atoms with van der Waals surface area (Å²) in [6.07, 6.45) is 5.13. The number of fused-ring (bicyclic) bond motifs is 1. The molecule has 0 fully saturated rings. The van der Waals surface area contributed by atoms with Crippen molar-refractivity contribution in [3.05, 3.63) is 66.4 Å². The van der Waals surface area contributed by atoms with Crippen molar-refractivity contribution in [3.63, 3.8) is 0 Å². The zero-order valence-corrected chi connectivity index (χ0v) is 14.8. The largest absolute Gasteiger partial charge is 0.334 e. The molecule has 7 heteroatoms. The molecule has 0 unspecified atom stereocenters. The summed E-state index contributed by atoms with van der Waals surface area (Å²) in [6.45, 7) is 0.930. The van der Waals surface area contributed by atoms with Crippen LogP contribution in [-0.4, -0.2) is 18.0 Å². The van der Waals surface area contributed by atoms with Gasteiger partial charge in [0.05, 0.1) is 16.3 Å². The maximum Gasteiger partial charge on any atom is 0.262 e. The first-order valence-corrected chi connectivity index (χ1v) is 9.95. The summed E-state index contributed by atoms with van der Waals surface area (Å²) in [5, 5.41) is 0. The van der Waals surface area contributed by atoms with Crippen molar-refractivity contribution in [3.8, 4) is 11.3 Å². The van der Waals surface area contributed by atoms with Crippen LogP contribution < -0.4 is 4.72 Å². The molecule has 0 saturated carbocycles. The van der Waals surface area contributed by atoms with Gasteiger partial charge in [0, 0.05) is 24.7 Å². The lowest BCUT2D eigenvalue weighted by Crippen LogP contribution is -2.13. The van der Waals surface area contributed by atoms with E-state index in [0.717, 1.165) is 43.4 Å². The van der Waals surface area contributed by atoms with Crippen LogP contribution >= 0.6 is 0 Å². The highest BCUT2D eigenvalue weighted by Crippen LogP contribution is 2.30. The molecular formula is C19H18FN3O2S. The van der Waals surface area contributed by atoms with Gasteiger partial charge in [-0.3, -0.25) is 4.72 Å². The van der Waals surface area contributed by atoms with Gasteiger partial charge in [0.2, 0.25) is 0 Å². The Morgan fingerprint density at radius 2 is 1.92 bits per heavy atom. The van der Waals surface area contributed by atoms with E-state index in [1.54, 1.807) is 12.1 Å². The van der Waals surface area contributed by atoms with Gasteiger partial charge in [-0.1, -0.05) is 24.3 Å². The molecule has 1 N–H and O–H groups in total. The van der Waals surface area contributed by atoms with Crippen molar-refractivity contribution in [2.75, 3.05) is 4.72 Å². The molecule has 5 nitrogen and oxygen atoms in total. The Bertz CT molecular complexity index is 1040. The fourth-order valence-corrected chi connectivity index (χ4v) is 4.29. The number of benzene rings is 2. The van der Waals surface area contributed by atoms with Crippen LogP contribution in [0.15, 0.2) is 59.6 Å². The van der Waals surface area contributed by atoms with Gasteiger partial charge in [0.1, 0.15) is 11.6 Å². The summed E-state index contributed by atoms with van der Waals surface area (Å²) < 4.78 is 43.4. The lowest BCUT2D eigenvalue weighted by atomic mass is 10.1. The molecule has 3 aromatic rings. The number of nitrogens with zero attached hydrogens (tertiary/aromatic N) is 2. The second-order valence-corrected chi connectivity index (χ2v) is 7.98. The molecule has 1 aliphatic heterocycles. The number of imidazole rings is 1. The standard InChI is InChI=1S/C19H18FN3O2S/c20-14-6-5-7-15(12-14)26(24,25)22-17-9-2-1-8-16(17)18-13-23-11-4-3-10-19(23)21-18/h1-2,5-9,12-13,22H,3-4,10-11H2. The molecule has 0 amide bonds. The van der Waals surface area contributed by atoms with Crippen LogP contribution in [0.3, 0.4) is 0 Å². The average molecular weight is 371 g/mol. The molecule has 0 bridgehead atoms. The van der Waals surface area contributed by atoms with Crippen LogP contribution in [0.2, 0.25) is 0 Å². The number of halogens is 1. The average Bonchev–Trinajstić information content (AvgIpc) is 3.06. The third kappa shape index (κ3) is 3.22. The van der Waals surface area contributed by atoms with Gasteiger partial charge >= 0.3 is 0 Å². The molecule has 2 heterocycles. The topological polar surface area (TPSA) is 64.0 Å². The first kappa shape index (κ1) is 16.8. The second kappa shape index (κ2) is 6.57. The Kier molecular flexibility index (Phi) is 4.24. The van der Waals surface area contributed by atoms with Crippen LogP contribution in [0.25, 0.3) is 11.3 Å². The molecule has 4 rings (SSSR count). The van der Waals surface area contributed by atoms with E-state index in [0.29, 0.717) is 11.3 Å².